The summed E-state index contributed by atoms with van der Waals surface area (Å²) in [5, 5.41) is 15.0. The highest BCUT2D eigenvalue weighted by atomic mass is 16.3. The fourth-order valence-electron chi connectivity index (χ4n) is 3.09. The number of aliphatic hydroxyl groups is 1. The Balaban J connectivity index is 1.66. The van der Waals surface area contributed by atoms with Crippen LogP contribution in [-0.4, -0.2) is 14.9 Å². The summed E-state index contributed by atoms with van der Waals surface area (Å²) >= 11 is 0. The van der Waals surface area contributed by atoms with Crippen molar-refractivity contribution >= 4 is 0 Å². The number of fused-ring (bicyclic) bond motifs is 1. The quantitative estimate of drug-likeness (QED) is 0.779. The molecule has 1 aliphatic rings. The first-order valence-corrected chi connectivity index (χ1v) is 7.18. The molecule has 1 heterocycles. The van der Waals surface area contributed by atoms with Gasteiger partial charge in [-0.25, -0.2) is 0 Å². The third kappa shape index (κ3) is 2.06. The molecule has 0 bridgehead atoms. The monoisotopic (exact) mass is 276 g/mol. The van der Waals surface area contributed by atoms with Gasteiger partial charge in [0.05, 0.1) is 12.2 Å². The van der Waals surface area contributed by atoms with Crippen LogP contribution >= 0.6 is 0 Å². The Morgan fingerprint density at radius 1 is 0.952 bits per heavy atom. The van der Waals surface area contributed by atoms with Crippen LogP contribution < -0.4 is 0 Å². The van der Waals surface area contributed by atoms with Crippen molar-refractivity contribution in [2.75, 3.05) is 0 Å². The minimum absolute atomic E-state index is 0.0140. The zero-order valence-electron chi connectivity index (χ0n) is 11.6. The maximum absolute atomic E-state index is 10.5. The topological polar surface area (TPSA) is 38.0 Å². The van der Waals surface area contributed by atoms with E-state index in [0.29, 0.717) is 0 Å². The van der Waals surface area contributed by atoms with E-state index < -0.39 is 6.10 Å². The van der Waals surface area contributed by atoms with Crippen LogP contribution in [0.4, 0.5) is 0 Å². The fourth-order valence-corrected chi connectivity index (χ4v) is 3.09. The number of rotatable bonds is 2. The van der Waals surface area contributed by atoms with Crippen molar-refractivity contribution in [3.8, 4) is 11.1 Å². The summed E-state index contributed by atoms with van der Waals surface area (Å²) < 4.78 is 1.90. The average molecular weight is 276 g/mol. The molecule has 2 atom stereocenters. The van der Waals surface area contributed by atoms with Gasteiger partial charge in [0.2, 0.25) is 0 Å². The molecule has 3 heteroatoms. The summed E-state index contributed by atoms with van der Waals surface area (Å²) in [6.07, 6.45) is 4.23. The van der Waals surface area contributed by atoms with Crippen molar-refractivity contribution in [3.05, 3.63) is 78.1 Å². The first-order valence-electron chi connectivity index (χ1n) is 7.18. The second-order valence-electron chi connectivity index (χ2n) is 5.49. The molecule has 2 aromatic carbocycles. The maximum atomic E-state index is 10.5. The standard InChI is InChI=1S/C18H16N2O/c21-18-16-9-5-4-8-14(16)10-17(18)20-12-15(11-19-20)13-6-2-1-3-7-13/h1-9,11-12,17-18,21H,10H2. The average Bonchev–Trinajstić information content (AvgIpc) is 3.14. The van der Waals surface area contributed by atoms with Crippen LogP contribution in [0.15, 0.2) is 67.0 Å². The van der Waals surface area contributed by atoms with E-state index in [9.17, 15) is 5.11 Å². The first kappa shape index (κ1) is 12.4. The molecule has 3 nitrogen and oxygen atoms in total. The minimum Gasteiger partial charge on any atom is -0.386 e. The number of hydrogen-bond donors (Lipinski definition) is 1. The van der Waals surface area contributed by atoms with Gasteiger partial charge < -0.3 is 5.11 Å². The van der Waals surface area contributed by atoms with Gasteiger partial charge in [-0.05, 0) is 23.1 Å². The number of benzene rings is 2. The molecule has 0 aliphatic heterocycles. The molecule has 2 unspecified atom stereocenters. The lowest BCUT2D eigenvalue weighted by Gasteiger charge is -2.15. The molecule has 0 spiro atoms. The molecular weight excluding hydrogens is 260 g/mol. The second kappa shape index (κ2) is 4.86. The molecule has 1 aromatic heterocycles. The Morgan fingerprint density at radius 2 is 1.71 bits per heavy atom. The van der Waals surface area contributed by atoms with E-state index in [1.807, 2.05) is 53.5 Å². The predicted octanol–water partition coefficient (Wildman–Crippen LogP) is 3.38. The predicted molar refractivity (Wildman–Crippen MR) is 81.8 cm³/mol. The van der Waals surface area contributed by atoms with Gasteiger partial charge in [0, 0.05) is 11.8 Å². The zero-order chi connectivity index (χ0) is 14.2. The molecule has 0 fully saturated rings. The van der Waals surface area contributed by atoms with Gasteiger partial charge in [0.15, 0.2) is 0 Å². The number of nitrogens with zero attached hydrogens (tertiary/aromatic N) is 2. The Hall–Kier alpha value is -2.39. The lowest BCUT2D eigenvalue weighted by Crippen LogP contribution is -2.14. The van der Waals surface area contributed by atoms with Crippen LogP contribution in [0.3, 0.4) is 0 Å². The maximum Gasteiger partial charge on any atom is 0.102 e. The van der Waals surface area contributed by atoms with E-state index in [2.05, 4.69) is 23.3 Å². The molecule has 1 N–H and O–H groups in total. The van der Waals surface area contributed by atoms with Crippen molar-refractivity contribution < 1.29 is 5.11 Å². The second-order valence-corrected chi connectivity index (χ2v) is 5.49. The Bertz CT molecular complexity index is 764. The van der Waals surface area contributed by atoms with E-state index in [-0.39, 0.29) is 6.04 Å². The van der Waals surface area contributed by atoms with Gasteiger partial charge in [0.1, 0.15) is 6.10 Å². The number of aromatic nitrogens is 2. The van der Waals surface area contributed by atoms with Crippen LogP contribution in [0, 0.1) is 0 Å². The van der Waals surface area contributed by atoms with E-state index in [4.69, 9.17) is 0 Å². The summed E-state index contributed by atoms with van der Waals surface area (Å²) in [7, 11) is 0. The fraction of sp³-hybridized carbons (Fsp3) is 0.167. The van der Waals surface area contributed by atoms with E-state index >= 15 is 0 Å². The minimum atomic E-state index is -0.482. The highest BCUT2D eigenvalue weighted by molar-refractivity contribution is 5.61. The molecule has 21 heavy (non-hydrogen) atoms. The van der Waals surface area contributed by atoms with Gasteiger partial charge in [-0.3, -0.25) is 4.68 Å². The largest absolute Gasteiger partial charge is 0.386 e. The smallest absolute Gasteiger partial charge is 0.102 e. The van der Waals surface area contributed by atoms with Gasteiger partial charge in [-0.15, -0.1) is 0 Å². The zero-order valence-corrected chi connectivity index (χ0v) is 11.6. The molecule has 0 saturated carbocycles. The molecule has 0 saturated heterocycles. The van der Waals surface area contributed by atoms with Crippen LogP contribution in [0.2, 0.25) is 0 Å². The van der Waals surface area contributed by atoms with Gasteiger partial charge in [-0.1, -0.05) is 54.6 Å². The molecule has 0 radical (unpaired) electrons. The van der Waals surface area contributed by atoms with E-state index in [1.165, 1.54) is 5.56 Å². The highest BCUT2D eigenvalue weighted by Crippen LogP contribution is 2.39. The number of aliphatic hydroxyl groups excluding tert-OH is 1. The van der Waals surface area contributed by atoms with Crippen LogP contribution in [0.25, 0.3) is 11.1 Å². The molecule has 0 amide bonds. The summed E-state index contributed by atoms with van der Waals surface area (Å²) in [6.45, 7) is 0. The first-order chi connectivity index (χ1) is 10.3. The summed E-state index contributed by atoms with van der Waals surface area (Å²) in [5.41, 5.74) is 4.47. The lowest BCUT2D eigenvalue weighted by molar-refractivity contribution is 0.121. The third-order valence-corrected chi connectivity index (χ3v) is 4.22. The SMILES string of the molecule is OC1c2ccccc2CC1n1cc(-c2ccccc2)cn1. The van der Waals surface area contributed by atoms with Crippen molar-refractivity contribution in [2.24, 2.45) is 0 Å². The summed E-state index contributed by atoms with van der Waals surface area (Å²) in [6, 6.07) is 18.3. The lowest BCUT2D eigenvalue weighted by atomic mass is 10.1. The van der Waals surface area contributed by atoms with E-state index in [1.54, 1.807) is 0 Å². The van der Waals surface area contributed by atoms with Gasteiger partial charge in [-0.2, -0.15) is 5.10 Å². The Morgan fingerprint density at radius 3 is 2.52 bits per heavy atom. The third-order valence-electron chi connectivity index (χ3n) is 4.22. The molecule has 1 aliphatic carbocycles. The van der Waals surface area contributed by atoms with Crippen molar-refractivity contribution in [2.45, 2.75) is 18.6 Å². The Labute approximate surface area is 123 Å². The molecule has 3 aromatic rings. The normalized spacial score (nSPS) is 20.4. The van der Waals surface area contributed by atoms with Crippen molar-refractivity contribution in [3.63, 3.8) is 0 Å². The molecular formula is C18H16N2O. The van der Waals surface area contributed by atoms with Gasteiger partial charge in [0.25, 0.3) is 0 Å². The number of hydrogen-bond acceptors (Lipinski definition) is 2. The van der Waals surface area contributed by atoms with Crippen LogP contribution in [-0.2, 0) is 6.42 Å². The van der Waals surface area contributed by atoms with Crippen LogP contribution in [0.5, 0.6) is 0 Å². The molecule has 104 valence electrons. The molecule has 4 rings (SSSR count). The van der Waals surface area contributed by atoms with Crippen LogP contribution in [0.1, 0.15) is 23.3 Å². The Kier molecular flexibility index (Phi) is 2.86. The van der Waals surface area contributed by atoms with Gasteiger partial charge >= 0.3 is 0 Å². The van der Waals surface area contributed by atoms with Crippen molar-refractivity contribution in [1.29, 1.82) is 0 Å². The highest BCUT2D eigenvalue weighted by Gasteiger charge is 2.32. The summed E-state index contributed by atoms with van der Waals surface area (Å²) in [5.74, 6) is 0. The van der Waals surface area contributed by atoms with Crippen molar-refractivity contribution in [1.82, 2.24) is 9.78 Å². The van der Waals surface area contributed by atoms with E-state index in [0.717, 1.165) is 23.1 Å². The summed E-state index contributed by atoms with van der Waals surface area (Å²) in [4.78, 5) is 0.